The van der Waals surface area contributed by atoms with Gasteiger partial charge in [-0.25, -0.2) is 0 Å². The van der Waals surface area contributed by atoms with Gasteiger partial charge in [0, 0.05) is 18.7 Å². The molecule has 3 rings (SSSR count). The SMILES string of the molecule is COc1ccc(/C(O)=C2\C(=O)C(=O)N(CCN(C)C)[C@H]2c2cccc(OC)c2)cc1. The van der Waals surface area contributed by atoms with Gasteiger partial charge in [-0.15, -0.1) is 0 Å². The quantitative estimate of drug-likeness (QED) is 0.430. The van der Waals surface area contributed by atoms with Gasteiger partial charge < -0.3 is 24.4 Å². The van der Waals surface area contributed by atoms with Crippen LogP contribution in [0.2, 0.25) is 0 Å². The van der Waals surface area contributed by atoms with Crippen LogP contribution in [-0.2, 0) is 9.59 Å². The molecule has 2 aromatic rings. The average Bonchev–Trinajstić information content (AvgIpc) is 3.02. The number of rotatable bonds is 7. The molecule has 1 amide bonds. The van der Waals surface area contributed by atoms with Crippen LogP contribution in [0.25, 0.3) is 5.76 Å². The van der Waals surface area contributed by atoms with E-state index in [0.717, 1.165) is 0 Å². The van der Waals surface area contributed by atoms with Gasteiger partial charge in [-0.1, -0.05) is 12.1 Å². The van der Waals surface area contributed by atoms with Gasteiger partial charge in [0.25, 0.3) is 11.7 Å². The molecule has 1 aliphatic rings. The van der Waals surface area contributed by atoms with Crippen molar-refractivity contribution in [1.82, 2.24) is 9.80 Å². The fourth-order valence-corrected chi connectivity index (χ4v) is 3.48. The smallest absolute Gasteiger partial charge is 0.295 e. The summed E-state index contributed by atoms with van der Waals surface area (Å²) in [6.07, 6.45) is 0. The highest BCUT2D eigenvalue weighted by atomic mass is 16.5. The normalized spacial score (nSPS) is 18.2. The van der Waals surface area contributed by atoms with Crippen LogP contribution in [-0.4, -0.2) is 68.0 Å². The Kier molecular flexibility index (Phi) is 6.42. The molecule has 1 N–H and O–H groups in total. The Hall–Kier alpha value is -3.32. The number of likely N-dealkylation sites (N-methyl/N-ethyl adjacent to an activating group) is 1. The highest BCUT2D eigenvalue weighted by Crippen LogP contribution is 2.40. The first kappa shape index (κ1) is 21.4. The number of carbonyl (C=O) groups is 2. The van der Waals surface area contributed by atoms with Gasteiger partial charge in [-0.05, 0) is 56.1 Å². The minimum Gasteiger partial charge on any atom is -0.507 e. The third kappa shape index (κ3) is 4.16. The van der Waals surface area contributed by atoms with Gasteiger partial charge in [0.2, 0.25) is 0 Å². The van der Waals surface area contributed by atoms with Gasteiger partial charge in [0.15, 0.2) is 0 Å². The second-order valence-electron chi connectivity index (χ2n) is 7.30. The molecule has 0 bridgehead atoms. The van der Waals surface area contributed by atoms with Crippen molar-refractivity contribution in [3.63, 3.8) is 0 Å². The van der Waals surface area contributed by atoms with Crippen molar-refractivity contribution in [2.45, 2.75) is 6.04 Å². The second kappa shape index (κ2) is 9.00. The summed E-state index contributed by atoms with van der Waals surface area (Å²) in [6.45, 7) is 0.926. The highest BCUT2D eigenvalue weighted by Gasteiger charge is 2.46. The zero-order chi connectivity index (χ0) is 21.8. The number of Topliss-reactive ketones (excluding diaryl/α,β-unsaturated/α-hetero) is 1. The van der Waals surface area contributed by atoms with Gasteiger partial charge in [-0.3, -0.25) is 9.59 Å². The molecule has 0 aliphatic carbocycles. The molecular formula is C23H26N2O5. The molecule has 0 aromatic heterocycles. The summed E-state index contributed by atoms with van der Waals surface area (Å²) in [6, 6.07) is 13.2. The first-order valence-electron chi connectivity index (χ1n) is 9.59. The summed E-state index contributed by atoms with van der Waals surface area (Å²) in [4.78, 5) is 29.3. The lowest BCUT2D eigenvalue weighted by Gasteiger charge is -2.26. The van der Waals surface area contributed by atoms with Crippen LogP contribution in [0.15, 0.2) is 54.1 Å². The van der Waals surface area contributed by atoms with E-state index in [2.05, 4.69) is 0 Å². The largest absolute Gasteiger partial charge is 0.507 e. The van der Waals surface area contributed by atoms with Crippen LogP contribution in [0, 0.1) is 0 Å². The summed E-state index contributed by atoms with van der Waals surface area (Å²) in [5.74, 6) is -0.303. The summed E-state index contributed by atoms with van der Waals surface area (Å²) < 4.78 is 10.5. The van der Waals surface area contributed by atoms with Crippen LogP contribution >= 0.6 is 0 Å². The molecule has 1 aliphatic heterocycles. The van der Waals surface area contributed by atoms with Crippen molar-refractivity contribution in [2.24, 2.45) is 0 Å². The van der Waals surface area contributed by atoms with Crippen molar-refractivity contribution in [3.8, 4) is 11.5 Å². The number of benzene rings is 2. The lowest BCUT2D eigenvalue weighted by molar-refractivity contribution is -0.140. The monoisotopic (exact) mass is 410 g/mol. The Morgan fingerprint density at radius 1 is 1.03 bits per heavy atom. The first-order valence-corrected chi connectivity index (χ1v) is 9.59. The second-order valence-corrected chi connectivity index (χ2v) is 7.30. The van der Waals surface area contributed by atoms with E-state index < -0.39 is 17.7 Å². The molecule has 1 heterocycles. The van der Waals surface area contributed by atoms with Gasteiger partial charge in [0.05, 0.1) is 25.8 Å². The fourth-order valence-electron chi connectivity index (χ4n) is 3.48. The van der Waals surface area contributed by atoms with Gasteiger partial charge >= 0.3 is 0 Å². The molecule has 7 nitrogen and oxygen atoms in total. The molecule has 0 spiro atoms. The van der Waals surface area contributed by atoms with Crippen molar-refractivity contribution >= 4 is 17.4 Å². The Morgan fingerprint density at radius 3 is 2.30 bits per heavy atom. The van der Waals surface area contributed by atoms with E-state index in [1.165, 1.54) is 4.90 Å². The Balaban J connectivity index is 2.13. The predicted molar refractivity (Wildman–Crippen MR) is 114 cm³/mol. The number of aliphatic hydroxyl groups is 1. The lowest BCUT2D eigenvalue weighted by atomic mass is 9.95. The molecule has 1 fully saturated rings. The minimum absolute atomic E-state index is 0.0668. The highest BCUT2D eigenvalue weighted by molar-refractivity contribution is 6.46. The fraction of sp³-hybridized carbons (Fsp3) is 0.304. The molecular weight excluding hydrogens is 384 g/mol. The van der Waals surface area contributed by atoms with E-state index in [1.807, 2.05) is 25.1 Å². The molecule has 2 aromatic carbocycles. The van der Waals surface area contributed by atoms with Gasteiger partial charge in [0.1, 0.15) is 17.3 Å². The summed E-state index contributed by atoms with van der Waals surface area (Å²) >= 11 is 0. The zero-order valence-corrected chi connectivity index (χ0v) is 17.6. The van der Waals surface area contributed by atoms with Crippen molar-refractivity contribution < 1.29 is 24.2 Å². The first-order chi connectivity index (χ1) is 14.4. The van der Waals surface area contributed by atoms with Crippen LogP contribution in [0.1, 0.15) is 17.2 Å². The van der Waals surface area contributed by atoms with Crippen LogP contribution in [0.3, 0.4) is 0 Å². The average molecular weight is 410 g/mol. The number of hydrogen-bond acceptors (Lipinski definition) is 6. The Morgan fingerprint density at radius 2 is 1.70 bits per heavy atom. The molecule has 0 unspecified atom stereocenters. The van der Waals surface area contributed by atoms with E-state index in [9.17, 15) is 14.7 Å². The lowest BCUT2D eigenvalue weighted by Crippen LogP contribution is -2.35. The number of hydrogen-bond donors (Lipinski definition) is 1. The third-order valence-electron chi connectivity index (χ3n) is 5.10. The minimum atomic E-state index is -0.706. The van der Waals surface area contributed by atoms with E-state index in [1.54, 1.807) is 56.7 Å². The molecule has 0 radical (unpaired) electrons. The number of amides is 1. The molecule has 1 atom stereocenters. The molecule has 1 saturated heterocycles. The van der Waals surface area contributed by atoms with Crippen LogP contribution in [0.4, 0.5) is 0 Å². The number of methoxy groups -OCH3 is 2. The summed E-state index contributed by atoms with van der Waals surface area (Å²) in [5.41, 5.74) is 1.20. The molecule has 30 heavy (non-hydrogen) atoms. The number of ether oxygens (including phenoxy) is 2. The zero-order valence-electron chi connectivity index (χ0n) is 17.6. The number of aliphatic hydroxyl groups excluding tert-OH is 1. The standard InChI is InChI=1S/C23H26N2O5/c1-24(2)12-13-25-20(16-6-5-7-18(14-16)30-4)19(22(27)23(25)28)21(26)15-8-10-17(29-3)11-9-15/h5-11,14,20,26H,12-13H2,1-4H3/b21-19+/t20-/m0/s1. The maximum absolute atomic E-state index is 13.0. The number of nitrogens with zero attached hydrogens (tertiary/aromatic N) is 2. The van der Waals surface area contributed by atoms with Crippen LogP contribution < -0.4 is 9.47 Å². The van der Waals surface area contributed by atoms with E-state index in [4.69, 9.17) is 9.47 Å². The topological polar surface area (TPSA) is 79.3 Å². The van der Waals surface area contributed by atoms with E-state index in [-0.39, 0.29) is 11.3 Å². The van der Waals surface area contributed by atoms with Crippen molar-refractivity contribution in [2.75, 3.05) is 41.4 Å². The maximum Gasteiger partial charge on any atom is 0.295 e. The van der Waals surface area contributed by atoms with Crippen molar-refractivity contribution in [3.05, 3.63) is 65.2 Å². The van der Waals surface area contributed by atoms with Crippen molar-refractivity contribution in [1.29, 1.82) is 0 Å². The third-order valence-corrected chi connectivity index (χ3v) is 5.10. The van der Waals surface area contributed by atoms with Crippen LogP contribution in [0.5, 0.6) is 11.5 Å². The predicted octanol–water partition coefficient (Wildman–Crippen LogP) is 2.69. The number of carbonyl (C=O) groups excluding carboxylic acids is 2. The van der Waals surface area contributed by atoms with E-state index in [0.29, 0.717) is 35.7 Å². The number of likely N-dealkylation sites (tertiary alicyclic amines) is 1. The Bertz CT molecular complexity index is 966. The number of ketones is 1. The van der Waals surface area contributed by atoms with E-state index >= 15 is 0 Å². The maximum atomic E-state index is 13.0. The Labute approximate surface area is 176 Å². The molecule has 7 heteroatoms. The van der Waals surface area contributed by atoms with Gasteiger partial charge in [-0.2, -0.15) is 0 Å². The summed E-state index contributed by atoms with van der Waals surface area (Å²) in [7, 11) is 6.90. The summed E-state index contributed by atoms with van der Waals surface area (Å²) in [5, 5.41) is 11.0. The molecule has 158 valence electrons. The molecule has 0 saturated carbocycles.